The highest BCUT2D eigenvalue weighted by Gasteiger charge is 2.47. The van der Waals surface area contributed by atoms with Gasteiger partial charge in [-0.1, -0.05) is 6.07 Å². The Kier molecular flexibility index (Phi) is 4.07. The second-order valence-electron chi connectivity index (χ2n) is 7.03. The van der Waals surface area contributed by atoms with Crippen molar-refractivity contribution in [1.82, 2.24) is 19.9 Å². The van der Waals surface area contributed by atoms with Gasteiger partial charge in [-0.15, -0.1) is 0 Å². The van der Waals surface area contributed by atoms with Crippen LogP contribution in [-0.4, -0.2) is 25.8 Å². The monoisotopic (exact) mass is 360 g/mol. The maximum Gasteiger partial charge on any atom is 0.239 e. The first-order valence-electron chi connectivity index (χ1n) is 8.77. The predicted octanol–water partition coefficient (Wildman–Crippen LogP) is 3.40. The number of carbonyl (C=O) groups excluding carboxylic acids is 1. The lowest BCUT2D eigenvalue weighted by molar-refractivity contribution is -0.122. The minimum Gasteiger partial charge on any atom is -0.323 e. The minimum atomic E-state index is -0.689. The molecular formula is C20H20N6O. The molecule has 0 radical (unpaired) electrons. The zero-order valence-electron chi connectivity index (χ0n) is 15.4. The van der Waals surface area contributed by atoms with Gasteiger partial charge in [0.05, 0.1) is 29.0 Å². The Morgan fingerprint density at radius 2 is 1.93 bits per heavy atom. The molecule has 136 valence electrons. The van der Waals surface area contributed by atoms with Crippen molar-refractivity contribution in [2.75, 3.05) is 10.2 Å². The lowest BCUT2D eigenvalue weighted by atomic mass is 9.88. The van der Waals surface area contributed by atoms with Crippen LogP contribution in [-0.2, 0) is 10.2 Å². The van der Waals surface area contributed by atoms with E-state index in [1.165, 1.54) is 0 Å². The molecule has 0 aromatic carbocycles. The summed E-state index contributed by atoms with van der Waals surface area (Å²) in [7, 11) is 0. The molecule has 1 amide bonds. The van der Waals surface area contributed by atoms with Crippen molar-refractivity contribution in [3.05, 3.63) is 66.4 Å². The molecule has 4 rings (SSSR count). The summed E-state index contributed by atoms with van der Waals surface area (Å²) in [5.41, 5.74) is 1.72. The van der Waals surface area contributed by atoms with E-state index in [0.29, 0.717) is 11.8 Å². The van der Waals surface area contributed by atoms with E-state index in [1.807, 2.05) is 51.1 Å². The molecule has 1 N–H and O–H groups in total. The van der Waals surface area contributed by atoms with E-state index in [0.717, 1.165) is 16.9 Å². The number of carbonyl (C=O) groups is 1. The van der Waals surface area contributed by atoms with Gasteiger partial charge >= 0.3 is 0 Å². The van der Waals surface area contributed by atoms with Crippen LogP contribution < -0.4 is 10.2 Å². The van der Waals surface area contributed by atoms with Gasteiger partial charge in [-0.05, 0) is 45.0 Å². The van der Waals surface area contributed by atoms with E-state index < -0.39 is 5.41 Å². The highest BCUT2D eigenvalue weighted by Crippen LogP contribution is 2.44. The summed E-state index contributed by atoms with van der Waals surface area (Å²) in [6, 6.07) is 9.17. The number of anilines is 3. The lowest BCUT2D eigenvalue weighted by Gasteiger charge is -2.25. The topological polar surface area (TPSA) is 83.9 Å². The molecule has 3 aromatic heterocycles. The fourth-order valence-corrected chi connectivity index (χ4v) is 3.25. The third-order valence-corrected chi connectivity index (χ3v) is 4.84. The molecule has 0 saturated carbocycles. The average molecular weight is 360 g/mol. The van der Waals surface area contributed by atoms with Crippen LogP contribution in [0.1, 0.15) is 38.1 Å². The van der Waals surface area contributed by atoms with Crippen molar-refractivity contribution >= 4 is 23.4 Å². The van der Waals surface area contributed by atoms with Crippen LogP contribution in [0.4, 0.5) is 17.5 Å². The Bertz CT molecular complexity index is 974. The Labute approximate surface area is 157 Å². The fraction of sp³-hybridized carbons (Fsp3) is 0.250. The van der Waals surface area contributed by atoms with Gasteiger partial charge < -0.3 is 5.32 Å². The van der Waals surface area contributed by atoms with Crippen LogP contribution in [0.2, 0.25) is 0 Å². The lowest BCUT2D eigenvalue weighted by Crippen LogP contribution is -2.38. The number of rotatable bonds is 4. The summed E-state index contributed by atoms with van der Waals surface area (Å²) in [4.78, 5) is 32.4. The summed E-state index contributed by atoms with van der Waals surface area (Å²) in [6.07, 6.45) is 6.85. The summed E-state index contributed by atoms with van der Waals surface area (Å²) >= 11 is 0. The summed E-state index contributed by atoms with van der Waals surface area (Å²) < 4.78 is 0. The van der Waals surface area contributed by atoms with Gasteiger partial charge in [-0.3, -0.25) is 19.7 Å². The number of pyridine rings is 2. The van der Waals surface area contributed by atoms with Crippen molar-refractivity contribution in [3.8, 4) is 0 Å². The van der Waals surface area contributed by atoms with E-state index in [1.54, 1.807) is 29.7 Å². The van der Waals surface area contributed by atoms with Crippen LogP contribution in [0.15, 0.2) is 55.1 Å². The minimum absolute atomic E-state index is 0.0107. The van der Waals surface area contributed by atoms with Gasteiger partial charge in [-0.2, -0.15) is 4.98 Å². The molecule has 1 aliphatic heterocycles. The summed E-state index contributed by atoms with van der Waals surface area (Å²) in [5, 5.41) is 3.14. The van der Waals surface area contributed by atoms with Gasteiger partial charge in [0.15, 0.2) is 0 Å². The van der Waals surface area contributed by atoms with E-state index >= 15 is 0 Å². The quantitative estimate of drug-likeness (QED) is 0.768. The van der Waals surface area contributed by atoms with Crippen LogP contribution in [0.3, 0.4) is 0 Å². The van der Waals surface area contributed by atoms with Crippen LogP contribution in [0, 0.1) is 0 Å². The summed E-state index contributed by atoms with van der Waals surface area (Å²) in [5.74, 6) is 1.03. The molecule has 3 aromatic rings. The largest absolute Gasteiger partial charge is 0.323 e. The van der Waals surface area contributed by atoms with Gasteiger partial charge in [0.2, 0.25) is 11.9 Å². The Morgan fingerprint density at radius 1 is 1.07 bits per heavy atom. The molecule has 0 aliphatic carbocycles. The number of nitrogens with one attached hydrogen (secondary N) is 1. The van der Waals surface area contributed by atoms with Crippen LogP contribution in [0.25, 0.3) is 0 Å². The molecule has 1 atom stereocenters. The number of hydrogen-bond acceptors (Lipinski definition) is 6. The first kappa shape index (κ1) is 17.1. The first-order chi connectivity index (χ1) is 13.0. The molecule has 1 unspecified atom stereocenters. The molecule has 1 aliphatic rings. The Balaban J connectivity index is 1.75. The SMILES string of the molecule is CC(c1ccccn1)N1C(=O)C(C)(C)c2cnc(Nc3cccnc3)nc21. The Hall–Kier alpha value is -3.35. The van der Waals surface area contributed by atoms with E-state index in [2.05, 4.69) is 25.3 Å². The van der Waals surface area contributed by atoms with Gasteiger partial charge in [0.1, 0.15) is 5.82 Å². The van der Waals surface area contributed by atoms with Gasteiger partial charge in [0.25, 0.3) is 0 Å². The van der Waals surface area contributed by atoms with Crippen molar-refractivity contribution in [2.24, 2.45) is 0 Å². The maximum absolute atomic E-state index is 13.2. The molecule has 0 fully saturated rings. The van der Waals surface area contributed by atoms with E-state index in [4.69, 9.17) is 0 Å². The fourth-order valence-electron chi connectivity index (χ4n) is 3.25. The standard InChI is InChI=1S/C20H20N6O/c1-13(16-8-4-5-10-22-16)26-17-15(20(2,3)18(26)27)12-23-19(25-17)24-14-7-6-9-21-11-14/h4-13H,1-3H3,(H,23,24,25). The third-order valence-electron chi connectivity index (χ3n) is 4.84. The highest BCUT2D eigenvalue weighted by molar-refractivity contribution is 6.07. The van der Waals surface area contributed by atoms with Crippen LogP contribution >= 0.6 is 0 Å². The molecule has 7 nitrogen and oxygen atoms in total. The molecule has 27 heavy (non-hydrogen) atoms. The van der Waals surface area contributed by atoms with Crippen molar-refractivity contribution < 1.29 is 4.79 Å². The molecular weight excluding hydrogens is 340 g/mol. The average Bonchev–Trinajstić information content (AvgIpc) is 2.88. The number of fused-ring (bicyclic) bond motifs is 1. The Morgan fingerprint density at radius 3 is 2.63 bits per heavy atom. The predicted molar refractivity (Wildman–Crippen MR) is 103 cm³/mol. The van der Waals surface area contributed by atoms with Crippen molar-refractivity contribution in [3.63, 3.8) is 0 Å². The number of nitrogens with zero attached hydrogens (tertiary/aromatic N) is 5. The smallest absolute Gasteiger partial charge is 0.239 e. The van der Waals surface area contributed by atoms with Crippen molar-refractivity contribution in [1.29, 1.82) is 0 Å². The normalized spacial score (nSPS) is 16.1. The second-order valence-corrected chi connectivity index (χ2v) is 7.03. The molecule has 0 bridgehead atoms. The molecule has 0 spiro atoms. The van der Waals surface area contributed by atoms with Crippen LogP contribution in [0.5, 0.6) is 0 Å². The zero-order valence-corrected chi connectivity index (χ0v) is 15.4. The van der Waals surface area contributed by atoms with Crippen molar-refractivity contribution in [2.45, 2.75) is 32.2 Å². The second kappa shape index (κ2) is 6.42. The third kappa shape index (κ3) is 2.91. The first-order valence-corrected chi connectivity index (χ1v) is 8.77. The molecule has 0 saturated heterocycles. The molecule has 7 heteroatoms. The number of hydrogen-bond donors (Lipinski definition) is 1. The molecule has 4 heterocycles. The van der Waals surface area contributed by atoms with E-state index in [9.17, 15) is 4.79 Å². The zero-order chi connectivity index (χ0) is 19.0. The number of amides is 1. The number of aromatic nitrogens is 4. The van der Waals surface area contributed by atoms with E-state index in [-0.39, 0.29) is 11.9 Å². The summed E-state index contributed by atoms with van der Waals surface area (Å²) in [6.45, 7) is 5.76. The van der Waals surface area contributed by atoms with Gasteiger partial charge in [-0.25, -0.2) is 4.98 Å². The maximum atomic E-state index is 13.2. The van der Waals surface area contributed by atoms with Gasteiger partial charge in [0, 0.05) is 24.2 Å². The highest BCUT2D eigenvalue weighted by atomic mass is 16.2.